The monoisotopic (exact) mass is 253 g/mol. The molecule has 2 atom stereocenters. The Balaban J connectivity index is 2.81. The Kier molecular flexibility index (Phi) is 5.42. The number of rotatable bonds is 6. The third kappa shape index (κ3) is 3.97. The molecule has 6 heteroatoms. The van der Waals surface area contributed by atoms with Crippen LogP contribution in [0.5, 0.6) is 0 Å². The molecule has 1 saturated heterocycles. The van der Waals surface area contributed by atoms with E-state index >= 15 is 0 Å². The number of hydrogen-bond acceptors (Lipinski definition) is 3. The summed E-state index contributed by atoms with van der Waals surface area (Å²) in [6, 6.07) is -1.66. The van der Waals surface area contributed by atoms with Crippen LogP contribution in [0.1, 0.15) is 12.8 Å². The van der Waals surface area contributed by atoms with Gasteiger partial charge in [-0.05, 0) is 12.8 Å². The Hall–Kier alpha value is -0.590. The number of hydrogen-bond donors (Lipinski definition) is 1. The van der Waals surface area contributed by atoms with Crippen LogP contribution in [0, 0.1) is 0 Å². The number of halogens is 3. The molecule has 0 aromatic heterocycles. The van der Waals surface area contributed by atoms with Gasteiger partial charge in [-0.25, -0.2) is 0 Å². The Morgan fingerprint density at radius 2 is 2.24 bits per heavy atom. The first-order chi connectivity index (χ1) is 8.00. The molecule has 3 nitrogen and oxygen atoms in total. The van der Waals surface area contributed by atoms with Crippen LogP contribution >= 0.6 is 0 Å². The first-order valence-electron chi connectivity index (χ1n) is 5.64. The standard InChI is InChI=1S/C11H18F3NO2/c1-2-5-15(6-7-16)10(11(12,13)14)9-4-3-8-17-9/h2,9-10,16H,1,3-8H2. The van der Waals surface area contributed by atoms with Gasteiger partial charge in [0.1, 0.15) is 6.04 Å². The van der Waals surface area contributed by atoms with Crippen molar-refractivity contribution >= 4 is 0 Å². The van der Waals surface area contributed by atoms with E-state index in [0.717, 1.165) is 0 Å². The highest BCUT2D eigenvalue weighted by Crippen LogP contribution is 2.32. The minimum absolute atomic E-state index is 0.0317. The average Bonchev–Trinajstić information content (AvgIpc) is 2.69. The normalized spacial score (nSPS) is 23.0. The molecular formula is C11H18F3NO2. The molecule has 17 heavy (non-hydrogen) atoms. The van der Waals surface area contributed by atoms with E-state index in [1.54, 1.807) is 0 Å². The van der Waals surface area contributed by atoms with Gasteiger partial charge in [-0.1, -0.05) is 6.08 Å². The van der Waals surface area contributed by atoms with E-state index in [-0.39, 0.29) is 19.7 Å². The maximum Gasteiger partial charge on any atom is 0.406 e. The molecule has 0 spiro atoms. The van der Waals surface area contributed by atoms with Crippen molar-refractivity contribution in [3.05, 3.63) is 12.7 Å². The van der Waals surface area contributed by atoms with Gasteiger partial charge in [0.25, 0.3) is 0 Å². The average molecular weight is 253 g/mol. The highest BCUT2D eigenvalue weighted by atomic mass is 19.4. The van der Waals surface area contributed by atoms with Crippen molar-refractivity contribution in [1.29, 1.82) is 0 Å². The predicted octanol–water partition coefficient (Wildman–Crippen LogP) is 1.58. The minimum atomic E-state index is -4.35. The summed E-state index contributed by atoms with van der Waals surface area (Å²) in [7, 11) is 0. The van der Waals surface area contributed by atoms with Crippen LogP contribution in [0.15, 0.2) is 12.7 Å². The van der Waals surface area contributed by atoms with Gasteiger partial charge in [0.15, 0.2) is 0 Å². The molecule has 0 aromatic rings. The number of aliphatic hydroxyl groups is 1. The van der Waals surface area contributed by atoms with Gasteiger partial charge >= 0.3 is 6.18 Å². The molecule has 1 fully saturated rings. The second-order valence-electron chi connectivity index (χ2n) is 4.05. The Morgan fingerprint density at radius 3 is 2.65 bits per heavy atom. The third-order valence-electron chi connectivity index (χ3n) is 2.80. The first kappa shape index (κ1) is 14.5. The summed E-state index contributed by atoms with van der Waals surface area (Å²) in [6.07, 6.45) is -2.72. The number of alkyl halides is 3. The van der Waals surface area contributed by atoms with Gasteiger partial charge in [0.2, 0.25) is 0 Å². The minimum Gasteiger partial charge on any atom is -0.395 e. The smallest absolute Gasteiger partial charge is 0.395 e. The summed E-state index contributed by atoms with van der Waals surface area (Å²) < 4.78 is 44.2. The summed E-state index contributed by atoms with van der Waals surface area (Å²) in [5.74, 6) is 0. The van der Waals surface area contributed by atoms with E-state index in [2.05, 4.69) is 6.58 Å². The van der Waals surface area contributed by atoms with E-state index in [1.807, 2.05) is 0 Å². The van der Waals surface area contributed by atoms with Crippen LogP contribution in [0.4, 0.5) is 13.2 Å². The molecule has 0 aromatic carbocycles. The third-order valence-corrected chi connectivity index (χ3v) is 2.80. The van der Waals surface area contributed by atoms with E-state index in [4.69, 9.17) is 9.84 Å². The first-order valence-corrected chi connectivity index (χ1v) is 5.64. The molecule has 0 saturated carbocycles. The molecular weight excluding hydrogens is 235 g/mol. The molecule has 0 radical (unpaired) electrons. The lowest BCUT2D eigenvalue weighted by Gasteiger charge is -2.35. The second kappa shape index (κ2) is 6.37. The second-order valence-corrected chi connectivity index (χ2v) is 4.05. The topological polar surface area (TPSA) is 32.7 Å². The van der Waals surface area contributed by atoms with Crippen LogP contribution in [-0.2, 0) is 4.74 Å². The van der Waals surface area contributed by atoms with Crippen molar-refractivity contribution in [1.82, 2.24) is 4.90 Å². The summed E-state index contributed by atoms with van der Waals surface area (Å²) >= 11 is 0. The Morgan fingerprint density at radius 1 is 1.53 bits per heavy atom. The zero-order chi connectivity index (χ0) is 12.9. The van der Waals surface area contributed by atoms with Crippen LogP contribution in [0.3, 0.4) is 0 Å². The molecule has 1 aliphatic rings. The van der Waals surface area contributed by atoms with Gasteiger partial charge in [-0.2, -0.15) is 13.2 Å². The summed E-state index contributed by atoms with van der Waals surface area (Å²) in [5, 5.41) is 8.84. The molecule has 0 aliphatic carbocycles. The van der Waals surface area contributed by atoms with E-state index in [9.17, 15) is 13.2 Å². The van der Waals surface area contributed by atoms with Crippen molar-refractivity contribution in [3.8, 4) is 0 Å². The fraction of sp³-hybridized carbons (Fsp3) is 0.818. The fourth-order valence-corrected chi connectivity index (χ4v) is 2.14. The van der Waals surface area contributed by atoms with Crippen LogP contribution in [-0.4, -0.2) is 54.6 Å². The summed E-state index contributed by atoms with van der Waals surface area (Å²) in [6.45, 7) is 3.56. The molecule has 0 bridgehead atoms. The molecule has 0 amide bonds. The van der Waals surface area contributed by atoms with Crippen molar-refractivity contribution in [2.24, 2.45) is 0 Å². The van der Waals surface area contributed by atoms with Gasteiger partial charge in [-0.3, -0.25) is 4.90 Å². The van der Waals surface area contributed by atoms with Crippen LogP contribution in [0.25, 0.3) is 0 Å². The SMILES string of the molecule is C=CCN(CCO)C(C1CCCO1)C(F)(F)F. The largest absolute Gasteiger partial charge is 0.406 e. The van der Waals surface area contributed by atoms with Gasteiger partial charge in [-0.15, -0.1) is 6.58 Å². The highest BCUT2D eigenvalue weighted by molar-refractivity contribution is 4.91. The zero-order valence-corrected chi connectivity index (χ0v) is 9.62. The number of ether oxygens (including phenoxy) is 1. The molecule has 100 valence electrons. The number of aliphatic hydroxyl groups excluding tert-OH is 1. The number of nitrogens with zero attached hydrogens (tertiary/aromatic N) is 1. The molecule has 1 N–H and O–H groups in total. The zero-order valence-electron chi connectivity index (χ0n) is 9.62. The van der Waals surface area contributed by atoms with E-state index < -0.39 is 18.3 Å². The molecule has 2 unspecified atom stereocenters. The Labute approximate surface area is 98.9 Å². The highest BCUT2D eigenvalue weighted by Gasteiger charge is 2.49. The lowest BCUT2D eigenvalue weighted by atomic mass is 10.1. The van der Waals surface area contributed by atoms with Crippen molar-refractivity contribution in [2.45, 2.75) is 31.2 Å². The van der Waals surface area contributed by atoms with Crippen molar-refractivity contribution in [3.63, 3.8) is 0 Å². The molecule has 1 rings (SSSR count). The maximum atomic E-state index is 13.0. The van der Waals surface area contributed by atoms with Crippen molar-refractivity contribution in [2.75, 3.05) is 26.3 Å². The van der Waals surface area contributed by atoms with Gasteiger partial charge in [0.05, 0.1) is 12.7 Å². The lowest BCUT2D eigenvalue weighted by Crippen LogP contribution is -2.53. The fourth-order valence-electron chi connectivity index (χ4n) is 2.14. The molecule has 1 aliphatic heterocycles. The lowest BCUT2D eigenvalue weighted by molar-refractivity contribution is -0.209. The van der Waals surface area contributed by atoms with Crippen LogP contribution < -0.4 is 0 Å². The summed E-state index contributed by atoms with van der Waals surface area (Å²) in [4.78, 5) is 1.17. The Bertz CT molecular complexity index is 239. The van der Waals surface area contributed by atoms with Gasteiger partial charge < -0.3 is 9.84 Å². The quantitative estimate of drug-likeness (QED) is 0.729. The van der Waals surface area contributed by atoms with E-state index in [0.29, 0.717) is 19.4 Å². The predicted molar refractivity (Wildman–Crippen MR) is 57.7 cm³/mol. The van der Waals surface area contributed by atoms with Gasteiger partial charge in [0, 0.05) is 19.7 Å². The van der Waals surface area contributed by atoms with Crippen molar-refractivity contribution < 1.29 is 23.0 Å². The summed E-state index contributed by atoms with van der Waals surface area (Å²) in [5.41, 5.74) is 0. The maximum absolute atomic E-state index is 13.0. The van der Waals surface area contributed by atoms with Crippen LogP contribution in [0.2, 0.25) is 0 Å². The molecule has 1 heterocycles. The van der Waals surface area contributed by atoms with E-state index in [1.165, 1.54) is 11.0 Å².